The average Bonchev–Trinajstić information content (AvgIpc) is 2.53. The second-order valence-corrected chi connectivity index (χ2v) is 5.19. The summed E-state index contributed by atoms with van der Waals surface area (Å²) in [5, 5.41) is 12.8. The predicted molar refractivity (Wildman–Crippen MR) is 83.7 cm³/mol. The Bertz CT molecular complexity index is 812. The molecule has 0 spiro atoms. The van der Waals surface area contributed by atoms with Crippen LogP contribution < -0.4 is 10.1 Å². The Morgan fingerprint density at radius 1 is 1.24 bits per heavy atom. The molecule has 0 saturated heterocycles. The molecule has 2 rings (SSSR count). The highest BCUT2D eigenvalue weighted by Gasteiger charge is 2.30. The largest absolute Gasteiger partial charge is 0.482 e. The first-order valence-electron chi connectivity index (χ1n) is 6.70. The van der Waals surface area contributed by atoms with Gasteiger partial charge in [0.1, 0.15) is 5.75 Å². The lowest BCUT2D eigenvalue weighted by molar-refractivity contribution is -0.384. The second kappa shape index (κ2) is 7.39. The summed E-state index contributed by atoms with van der Waals surface area (Å²) in [6.07, 6.45) is -4.52. The molecule has 2 aromatic rings. The summed E-state index contributed by atoms with van der Waals surface area (Å²) in [4.78, 5) is 21.7. The lowest BCUT2D eigenvalue weighted by atomic mass is 10.2. The van der Waals surface area contributed by atoms with Crippen LogP contribution >= 0.6 is 11.6 Å². The summed E-state index contributed by atoms with van der Waals surface area (Å²) in [5.41, 5.74) is -1.19. The van der Waals surface area contributed by atoms with Crippen LogP contribution in [-0.2, 0) is 11.0 Å². The number of nitrogens with zero attached hydrogens (tertiary/aromatic N) is 1. The van der Waals surface area contributed by atoms with E-state index in [9.17, 15) is 28.1 Å². The lowest BCUT2D eigenvalue weighted by Gasteiger charge is -2.11. The van der Waals surface area contributed by atoms with E-state index >= 15 is 0 Å². The average molecular weight is 375 g/mol. The van der Waals surface area contributed by atoms with E-state index < -0.39 is 29.2 Å². The van der Waals surface area contributed by atoms with Crippen LogP contribution in [0.25, 0.3) is 0 Å². The van der Waals surface area contributed by atoms with Crippen molar-refractivity contribution in [3.8, 4) is 5.75 Å². The van der Waals surface area contributed by atoms with E-state index in [1.54, 1.807) is 0 Å². The first kappa shape index (κ1) is 18.5. The van der Waals surface area contributed by atoms with Gasteiger partial charge in [-0.1, -0.05) is 17.7 Å². The molecule has 0 aliphatic rings. The van der Waals surface area contributed by atoms with Gasteiger partial charge in [-0.15, -0.1) is 0 Å². The summed E-state index contributed by atoms with van der Waals surface area (Å²) in [7, 11) is 0. The van der Waals surface area contributed by atoms with Crippen LogP contribution in [0.15, 0.2) is 42.5 Å². The van der Waals surface area contributed by atoms with Gasteiger partial charge in [0, 0.05) is 17.8 Å². The number of hydrogen-bond acceptors (Lipinski definition) is 4. The zero-order valence-electron chi connectivity index (χ0n) is 12.3. The van der Waals surface area contributed by atoms with Gasteiger partial charge in [-0.25, -0.2) is 0 Å². The number of nitro groups is 1. The lowest BCUT2D eigenvalue weighted by Crippen LogP contribution is -2.20. The number of rotatable bonds is 5. The highest BCUT2D eigenvalue weighted by atomic mass is 35.5. The van der Waals surface area contributed by atoms with E-state index in [-0.39, 0.29) is 22.1 Å². The van der Waals surface area contributed by atoms with Crippen LogP contribution in [0.4, 0.5) is 24.5 Å². The maximum Gasteiger partial charge on any atom is 0.416 e. The Morgan fingerprint density at radius 2 is 1.96 bits per heavy atom. The van der Waals surface area contributed by atoms with Crippen molar-refractivity contribution in [3.63, 3.8) is 0 Å². The van der Waals surface area contributed by atoms with Gasteiger partial charge in [0.15, 0.2) is 6.61 Å². The minimum Gasteiger partial charge on any atom is -0.482 e. The number of carbonyl (C=O) groups is 1. The number of halogens is 4. The van der Waals surface area contributed by atoms with Crippen molar-refractivity contribution in [2.75, 3.05) is 11.9 Å². The third-order valence-electron chi connectivity index (χ3n) is 2.96. The van der Waals surface area contributed by atoms with Crippen molar-refractivity contribution in [3.05, 3.63) is 63.2 Å². The van der Waals surface area contributed by atoms with E-state index in [0.29, 0.717) is 0 Å². The molecule has 0 fully saturated rings. The van der Waals surface area contributed by atoms with Crippen LogP contribution in [0.5, 0.6) is 5.75 Å². The Kier molecular flexibility index (Phi) is 5.48. The zero-order chi connectivity index (χ0) is 18.6. The topological polar surface area (TPSA) is 81.5 Å². The molecule has 0 aromatic heterocycles. The molecule has 0 bridgehead atoms. The number of non-ortho nitro benzene ring substituents is 1. The third kappa shape index (κ3) is 5.08. The van der Waals surface area contributed by atoms with Crippen molar-refractivity contribution < 1.29 is 27.6 Å². The number of hydrogen-bond donors (Lipinski definition) is 1. The Balaban J connectivity index is 1.99. The van der Waals surface area contributed by atoms with E-state index in [0.717, 1.165) is 30.3 Å². The molecule has 0 aliphatic carbocycles. The first-order valence-corrected chi connectivity index (χ1v) is 7.08. The number of anilines is 1. The van der Waals surface area contributed by atoms with Gasteiger partial charge in [0.05, 0.1) is 15.5 Å². The van der Waals surface area contributed by atoms with Crippen LogP contribution in [0.2, 0.25) is 5.02 Å². The van der Waals surface area contributed by atoms with Gasteiger partial charge in [0.2, 0.25) is 0 Å². The number of carbonyl (C=O) groups excluding carboxylic acids is 1. The van der Waals surface area contributed by atoms with Crippen molar-refractivity contribution in [1.29, 1.82) is 0 Å². The van der Waals surface area contributed by atoms with Crippen molar-refractivity contribution in [2.24, 2.45) is 0 Å². The summed E-state index contributed by atoms with van der Waals surface area (Å²) in [6, 6.07) is 7.55. The minimum absolute atomic E-state index is 0.0338. The van der Waals surface area contributed by atoms with E-state index in [4.69, 9.17) is 16.3 Å². The predicted octanol–water partition coefficient (Wildman–Crippen LogP) is 4.28. The molecule has 0 aliphatic heterocycles. The molecule has 2 aromatic carbocycles. The first-order chi connectivity index (χ1) is 11.7. The van der Waals surface area contributed by atoms with Crippen LogP contribution in [0, 0.1) is 10.1 Å². The molecule has 0 radical (unpaired) electrons. The van der Waals surface area contributed by atoms with Gasteiger partial charge < -0.3 is 10.1 Å². The van der Waals surface area contributed by atoms with E-state index in [2.05, 4.69) is 5.32 Å². The van der Waals surface area contributed by atoms with Crippen molar-refractivity contribution in [2.45, 2.75) is 6.18 Å². The Labute approximate surface area is 144 Å². The molecule has 10 heteroatoms. The Morgan fingerprint density at radius 3 is 2.56 bits per heavy atom. The molecular weight excluding hydrogens is 365 g/mol. The zero-order valence-corrected chi connectivity index (χ0v) is 13.1. The maximum absolute atomic E-state index is 12.6. The number of benzene rings is 2. The molecule has 1 N–H and O–H groups in total. The molecule has 0 atom stereocenters. The van der Waals surface area contributed by atoms with Gasteiger partial charge >= 0.3 is 6.18 Å². The van der Waals surface area contributed by atoms with Gasteiger partial charge in [0.25, 0.3) is 11.6 Å². The monoisotopic (exact) mass is 374 g/mol. The molecule has 132 valence electrons. The van der Waals surface area contributed by atoms with Crippen LogP contribution in [0.1, 0.15) is 5.56 Å². The molecule has 0 unspecified atom stereocenters. The third-order valence-corrected chi connectivity index (χ3v) is 3.25. The number of nitro benzene ring substituents is 1. The number of ether oxygens (including phenoxy) is 1. The molecule has 0 heterocycles. The maximum atomic E-state index is 12.6. The summed E-state index contributed by atoms with van der Waals surface area (Å²) in [6.45, 7) is -0.534. The highest BCUT2D eigenvalue weighted by molar-refractivity contribution is 6.32. The van der Waals surface area contributed by atoms with Gasteiger partial charge in [-0.2, -0.15) is 13.2 Å². The number of nitrogens with one attached hydrogen (secondary N) is 1. The van der Waals surface area contributed by atoms with Crippen LogP contribution in [-0.4, -0.2) is 17.4 Å². The van der Waals surface area contributed by atoms with Crippen molar-refractivity contribution >= 4 is 28.9 Å². The fourth-order valence-corrected chi connectivity index (χ4v) is 2.06. The summed E-state index contributed by atoms with van der Waals surface area (Å²) < 4.78 is 42.9. The Hall–Kier alpha value is -2.81. The van der Waals surface area contributed by atoms with E-state index in [1.165, 1.54) is 12.1 Å². The minimum atomic E-state index is -4.52. The number of amides is 1. The second-order valence-electron chi connectivity index (χ2n) is 4.79. The fourth-order valence-electron chi connectivity index (χ4n) is 1.83. The fraction of sp³-hybridized carbons (Fsp3) is 0.133. The smallest absolute Gasteiger partial charge is 0.416 e. The quantitative estimate of drug-likeness (QED) is 0.625. The molecule has 1 amide bonds. The standard InChI is InChI=1S/C15H10ClF3N2O4/c16-12-7-11(21(23)24)4-5-13(12)25-8-14(22)20-10-3-1-2-9(6-10)15(17,18)19/h1-7H,8H2,(H,20,22). The van der Waals surface area contributed by atoms with Crippen molar-refractivity contribution in [1.82, 2.24) is 0 Å². The summed E-state index contributed by atoms with van der Waals surface area (Å²) >= 11 is 5.80. The SMILES string of the molecule is O=C(COc1ccc([N+](=O)[O-])cc1Cl)Nc1cccc(C(F)(F)F)c1. The normalized spacial score (nSPS) is 11.0. The van der Waals surface area contributed by atoms with Crippen LogP contribution in [0.3, 0.4) is 0 Å². The molecule has 25 heavy (non-hydrogen) atoms. The summed E-state index contributed by atoms with van der Waals surface area (Å²) in [5.74, 6) is -0.680. The van der Waals surface area contributed by atoms with Gasteiger partial charge in [-0.3, -0.25) is 14.9 Å². The number of alkyl halides is 3. The van der Waals surface area contributed by atoms with Gasteiger partial charge in [-0.05, 0) is 24.3 Å². The molecule has 0 saturated carbocycles. The van der Waals surface area contributed by atoms with E-state index in [1.807, 2.05) is 0 Å². The molecular formula is C15H10ClF3N2O4. The molecule has 6 nitrogen and oxygen atoms in total. The highest BCUT2D eigenvalue weighted by Crippen LogP contribution is 2.31.